The van der Waals surface area contributed by atoms with Crippen molar-refractivity contribution in [2.24, 2.45) is 23.2 Å². The second-order valence-electron chi connectivity index (χ2n) is 5.78. The van der Waals surface area contributed by atoms with Crippen molar-refractivity contribution in [3.8, 4) is 0 Å². The van der Waals surface area contributed by atoms with E-state index in [0.29, 0.717) is 0 Å². The normalized spacial score (nSPS) is 55.0. The molecule has 0 aromatic heterocycles. The molecule has 0 N–H and O–H groups in total. The third-order valence-electron chi connectivity index (χ3n) is 5.67. The van der Waals surface area contributed by atoms with Crippen molar-refractivity contribution in [3.05, 3.63) is 0 Å². The van der Waals surface area contributed by atoms with Crippen LogP contribution in [0, 0.1) is 23.2 Å². The van der Waals surface area contributed by atoms with Gasteiger partial charge >= 0.3 is 0 Å². The molecule has 0 aromatic rings. The first-order valence-corrected chi connectivity index (χ1v) is 7.91. The predicted octanol–water partition coefficient (Wildman–Crippen LogP) is 4.34. The fourth-order valence-electron chi connectivity index (χ4n) is 5.25. The van der Waals surface area contributed by atoms with Crippen molar-refractivity contribution in [1.29, 1.82) is 0 Å². The number of thioether (sulfide) groups is 1. The summed E-state index contributed by atoms with van der Waals surface area (Å²) in [7, 11) is 0. The molecule has 5 unspecified atom stereocenters. The Bertz CT molecular complexity index is 275. The maximum absolute atomic E-state index is 2.44. The van der Waals surface area contributed by atoms with Gasteiger partial charge in [-0.2, -0.15) is 11.8 Å². The standard InChI is InChI=1S/C14H24S/c1-4-7-10-12-11-8-9-13(5-2,15-6-3)14(10,11)12/h10-12H,4-9H2,1-3H3. The first-order valence-electron chi connectivity index (χ1n) is 6.92. The van der Waals surface area contributed by atoms with Gasteiger partial charge in [-0.15, -0.1) is 0 Å². The zero-order valence-corrected chi connectivity index (χ0v) is 11.2. The zero-order chi connectivity index (χ0) is 10.7. The van der Waals surface area contributed by atoms with Gasteiger partial charge in [-0.3, -0.25) is 0 Å². The molecular formula is C14H24S. The average molecular weight is 224 g/mol. The Hall–Kier alpha value is 0.350. The number of hydrogen-bond donors (Lipinski definition) is 0. The highest BCUT2D eigenvalue weighted by Crippen LogP contribution is 2.95. The van der Waals surface area contributed by atoms with Gasteiger partial charge in [0, 0.05) is 4.75 Å². The van der Waals surface area contributed by atoms with Gasteiger partial charge < -0.3 is 0 Å². The monoisotopic (exact) mass is 224 g/mol. The molecule has 3 aliphatic carbocycles. The predicted molar refractivity (Wildman–Crippen MR) is 68.2 cm³/mol. The van der Waals surface area contributed by atoms with Gasteiger partial charge in [-0.1, -0.05) is 27.2 Å². The van der Waals surface area contributed by atoms with Gasteiger partial charge in [0.25, 0.3) is 0 Å². The Morgan fingerprint density at radius 2 is 2.07 bits per heavy atom. The van der Waals surface area contributed by atoms with Crippen LogP contribution in [0.4, 0.5) is 0 Å². The second kappa shape index (κ2) is 3.18. The Labute approximate surface area is 98.6 Å². The molecule has 3 aliphatic rings. The molecule has 0 bridgehead atoms. The summed E-state index contributed by atoms with van der Waals surface area (Å²) >= 11 is 2.31. The molecule has 0 heterocycles. The fraction of sp³-hybridized carbons (Fsp3) is 1.00. The minimum Gasteiger partial charge on any atom is -0.155 e. The molecule has 1 heteroatoms. The molecule has 0 amide bonds. The lowest BCUT2D eigenvalue weighted by molar-refractivity contribution is 0.347. The third kappa shape index (κ3) is 0.976. The van der Waals surface area contributed by atoms with Crippen LogP contribution in [-0.4, -0.2) is 10.5 Å². The van der Waals surface area contributed by atoms with Gasteiger partial charge in [0.05, 0.1) is 0 Å². The first kappa shape index (κ1) is 10.5. The van der Waals surface area contributed by atoms with Crippen LogP contribution >= 0.6 is 11.8 Å². The van der Waals surface area contributed by atoms with Gasteiger partial charge in [-0.05, 0) is 54.6 Å². The molecule has 0 aliphatic heterocycles. The van der Waals surface area contributed by atoms with E-state index in [9.17, 15) is 0 Å². The SMILES string of the molecule is CCCC1C2C3CCC(CC)(SCC)C132. The van der Waals surface area contributed by atoms with Crippen LogP contribution in [0.2, 0.25) is 0 Å². The third-order valence-corrected chi connectivity index (χ3v) is 7.35. The lowest BCUT2D eigenvalue weighted by Crippen LogP contribution is -2.30. The molecule has 3 rings (SSSR count). The quantitative estimate of drug-likeness (QED) is 0.669. The van der Waals surface area contributed by atoms with Crippen molar-refractivity contribution in [3.63, 3.8) is 0 Å². The molecule has 0 saturated heterocycles. The minimum atomic E-state index is 0.719. The minimum absolute atomic E-state index is 0.719. The van der Waals surface area contributed by atoms with Crippen molar-refractivity contribution in [1.82, 2.24) is 0 Å². The van der Waals surface area contributed by atoms with Crippen LogP contribution in [-0.2, 0) is 0 Å². The molecule has 15 heavy (non-hydrogen) atoms. The maximum atomic E-state index is 2.44. The van der Waals surface area contributed by atoms with Crippen molar-refractivity contribution < 1.29 is 0 Å². The molecule has 0 aromatic carbocycles. The van der Waals surface area contributed by atoms with Gasteiger partial charge in [0.2, 0.25) is 0 Å². The van der Waals surface area contributed by atoms with E-state index in [1.165, 1.54) is 43.3 Å². The zero-order valence-electron chi connectivity index (χ0n) is 10.4. The van der Waals surface area contributed by atoms with Crippen LogP contribution in [0.3, 0.4) is 0 Å². The van der Waals surface area contributed by atoms with E-state index >= 15 is 0 Å². The van der Waals surface area contributed by atoms with Crippen molar-refractivity contribution in [2.45, 2.75) is 57.6 Å². The van der Waals surface area contributed by atoms with Crippen LogP contribution in [0.1, 0.15) is 52.9 Å². The smallest absolute Gasteiger partial charge is 0.0222 e. The summed E-state index contributed by atoms with van der Waals surface area (Å²) in [5, 5.41) is 0. The van der Waals surface area contributed by atoms with Gasteiger partial charge in [0.15, 0.2) is 0 Å². The Kier molecular flexibility index (Phi) is 2.23. The molecule has 3 fully saturated rings. The Balaban J connectivity index is 1.80. The summed E-state index contributed by atoms with van der Waals surface area (Å²) in [4.78, 5) is 0. The molecule has 0 radical (unpaired) electrons. The van der Waals surface area contributed by atoms with Crippen molar-refractivity contribution in [2.75, 3.05) is 5.75 Å². The summed E-state index contributed by atoms with van der Waals surface area (Å²) in [5.74, 6) is 4.83. The van der Waals surface area contributed by atoms with Crippen LogP contribution < -0.4 is 0 Å². The highest BCUT2D eigenvalue weighted by molar-refractivity contribution is 8.00. The number of hydrogen-bond acceptors (Lipinski definition) is 1. The molecule has 1 spiro atoms. The van der Waals surface area contributed by atoms with E-state index in [1.54, 1.807) is 6.42 Å². The highest BCUT2D eigenvalue weighted by Gasteiger charge is 2.92. The Morgan fingerprint density at radius 1 is 1.27 bits per heavy atom. The summed E-state index contributed by atoms with van der Waals surface area (Å²) in [6.07, 6.45) is 7.45. The van der Waals surface area contributed by atoms with E-state index in [1.807, 2.05) is 0 Å². The van der Waals surface area contributed by atoms with E-state index in [0.717, 1.165) is 16.1 Å². The maximum Gasteiger partial charge on any atom is 0.0222 e. The highest BCUT2D eigenvalue weighted by atomic mass is 32.2. The van der Waals surface area contributed by atoms with Crippen molar-refractivity contribution >= 4 is 11.8 Å². The largest absolute Gasteiger partial charge is 0.155 e. The fourth-order valence-corrected chi connectivity index (χ4v) is 6.96. The van der Waals surface area contributed by atoms with E-state index in [2.05, 4.69) is 32.5 Å². The summed E-state index contributed by atoms with van der Waals surface area (Å²) in [6, 6.07) is 0. The molecule has 86 valence electrons. The second-order valence-corrected chi connectivity index (χ2v) is 7.43. The molecule has 3 saturated carbocycles. The first-order chi connectivity index (χ1) is 7.28. The number of rotatable bonds is 5. The molecule has 0 nitrogen and oxygen atoms in total. The summed E-state index contributed by atoms with van der Waals surface area (Å²) in [5.41, 5.74) is 0.873. The lowest BCUT2D eigenvalue weighted by Gasteiger charge is -2.33. The average Bonchev–Trinajstić information content (AvgIpc) is 3.07. The molecule has 5 atom stereocenters. The van der Waals surface area contributed by atoms with E-state index in [4.69, 9.17) is 0 Å². The lowest BCUT2D eigenvalue weighted by atomic mass is 9.87. The Morgan fingerprint density at radius 3 is 2.67 bits per heavy atom. The van der Waals surface area contributed by atoms with Crippen LogP contribution in [0.5, 0.6) is 0 Å². The number of fused-ring (bicyclic) bond motifs is 1. The summed E-state index contributed by atoms with van der Waals surface area (Å²) < 4.78 is 0.719. The topological polar surface area (TPSA) is 0 Å². The summed E-state index contributed by atoms with van der Waals surface area (Å²) in [6.45, 7) is 7.15. The van der Waals surface area contributed by atoms with Gasteiger partial charge in [0.1, 0.15) is 0 Å². The van der Waals surface area contributed by atoms with Crippen LogP contribution in [0.15, 0.2) is 0 Å². The molecular weight excluding hydrogens is 200 g/mol. The van der Waals surface area contributed by atoms with E-state index in [-0.39, 0.29) is 0 Å². The van der Waals surface area contributed by atoms with Crippen LogP contribution in [0.25, 0.3) is 0 Å². The van der Waals surface area contributed by atoms with E-state index < -0.39 is 0 Å². The van der Waals surface area contributed by atoms with Gasteiger partial charge in [-0.25, -0.2) is 0 Å².